The second kappa shape index (κ2) is 5.36. The molecule has 0 bridgehead atoms. The monoisotopic (exact) mass is 265 g/mol. The molecule has 18 heavy (non-hydrogen) atoms. The lowest BCUT2D eigenvalue weighted by Crippen LogP contribution is -1.95. The minimum Gasteiger partial charge on any atom is -0.439 e. The van der Waals surface area contributed by atoms with Crippen molar-refractivity contribution >= 4 is 11.6 Å². The van der Waals surface area contributed by atoms with E-state index >= 15 is 0 Å². The van der Waals surface area contributed by atoms with Gasteiger partial charge in [0, 0.05) is 5.56 Å². The Morgan fingerprint density at radius 1 is 1.22 bits per heavy atom. The van der Waals surface area contributed by atoms with Crippen molar-refractivity contribution in [2.24, 2.45) is 0 Å². The Morgan fingerprint density at radius 2 is 2.00 bits per heavy atom. The van der Waals surface area contributed by atoms with Gasteiger partial charge in [-0.1, -0.05) is 6.07 Å². The molecule has 2 rings (SSSR count). The van der Waals surface area contributed by atoms with Crippen LogP contribution in [0.1, 0.15) is 16.7 Å². The standard InChI is InChI=1S/C14H13ClFNO/c1-9-3-4-13(5-10(9)2)18-14-11(7-15)6-12(16)8-17-14/h3-6,8H,7H2,1-2H3. The van der Waals surface area contributed by atoms with Crippen LogP contribution in [-0.4, -0.2) is 4.98 Å². The molecule has 0 spiro atoms. The molecule has 0 aliphatic carbocycles. The highest BCUT2D eigenvalue weighted by Gasteiger charge is 2.08. The van der Waals surface area contributed by atoms with E-state index in [1.807, 2.05) is 32.0 Å². The van der Waals surface area contributed by atoms with Crippen molar-refractivity contribution in [1.29, 1.82) is 0 Å². The van der Waals surface area contributed by atoms with E-state index in [9.17, 15) is 4.39 Å². The maximum absolute atomic E-state index is 13.0. The van der Waals surface area contributed by atoms with Crippen LogP contribution in [0, 0.1) is 19.7 Å². The van der Waals surface area contributed by atoms with E-state index in [0.29, 0.717) is 17.2 Å². The summed E-state index contributed by atoms with van der Waals surface area (Å²) in [6.45, 7) is 4.03. The van der Waals surface area contributed by atoms with Gasteiger partial charge < -0.3 is 4.74 Å². The van der Waals surface area contributed by atoms with Gasteiger partial charge in [-0.15, -0.1) is 11.6 Å². The molecule has 0 aliphatic heterocycles. The van der Waals surface area contributed by atoms with E-state index in [4.69, 9.17) is 16.3 Å². The van der Waals surface area contributed by atoms with Crippen LogP contribution in [0.2, 0.25) is 0 Å². The summed E-state index contributed by atoms with van der Waals surface area (Å²) in [6.07, 6.45) is 1.12. The first-order valence-corrected chi connectivity index (χ1v) is 6.09. The van der Waals surface area contributed by atoms with Gasteiger partial charge in [-0.25, -0.2) is 9.37 Å². The smallest absolute Gasteiger partial charge is 0.223 e. The Labute approximate surface area is 110 Å². The molecule has 0 unspecified atom stereocenters. The maximum atomic E-state index is 13.0. The number of rotatable bonds is 3. The SMILES string of the molecule is Cc1ccc(Oc2ncc(F)cc2CCl)cc1C. The van der Waals surface area contributed by atoms with E-state index in [1.54, 1.807) is 0 Å². The molecule has 0 saturated carbocycles. The molecule has 1 heterocycles. The quantitative estimate of drug-likeness (QED) is 0.769. The lowest BCUT2D eigenvalue weighted by Gasteiger charge is -2.09. The molecule has 0 atom stereocenters. The topological polar surface area (TPSA) is 22.1 Å². The first kappa shape index (κ1) is 12.8. The largest absolute Gasteiger partial charge is 0.439 e. The van der Waals surface area contributed by atoms with E-state index < -0.39 is 5.82 Å². The third-order valence-corrected chi connectivity index (χ3v) is 3.02. The molecule has 1 aromatic heterocycles. The summed E-state index contributed by atoms with van der Waals surface area (Å²) in [7, 11) is 0. The molecule has 0 saturated heterocycles. The normalized spacial score (nSPS) is 10.4. The van der Waals surface area contributed by atoms with Crippen molar-refractivity contribution in [1.82, 2.24) is 4.98 Å². The van der Waals surface area contributed by atoms with Crippen LogP contribution in [0.15, 0.2) is 30.5 Å². The highest BCUT2D eigenvalue weighted by Crippen LogP contribution is 2.26. The van der Waals surface area contributed by atoms with Gasteiger partial charge in [0.15, 0.2) is 0 Å². The number of benzene rings is 1. The molecule has 0 fully saturated rings. The van der Waals surface area contributed by atoms with Crippen molar-refractivity contribution in [2.75, 3.05) is 0 Å². The molecule has 0 aliphatic rings. The summed E-state index contributed by atoms with van der Waals surface area (Å²) in [5.74, 6) is 0.751. The minimum atomic E-state index is -0.418. The third kappa shape index (κ3) is 2.79. The average molecular weight is 266 g/mol. The molecule has 4 heteroatoms. The fourth-order valence-electron chi connectivity index (χ4n) is 1.55. The molecule has 2 nitrogen and oxygen atoms in total. The van der Waals surface area contributed by atoms with Gasteiger partial charge in [-0.05, 0) is 43.2 Å². The van der Waals surface area contributed by atoms with E-state index in [0.717, 1.165) is 11.8 Å². The van der Waals surface area contributed by atoms with Gasteiger partial charge in [0.1, 0.15) is 11.6 Å². The molecule has 0 amide bonds. The number of aryl methyl sites for hydroxylation is 2. The predicted octanol–water partition coefficient (Wildman–Crippen LogP) is 4.37. The van der Waals surface area contributed by atoms with Gasteiger partial charge in [0.2, 0.25) is 5.88 Å². The number of nitrogens with zero attached hydrogens (tertiary/aromatic N) is 1. The Bertz CT molecular complexity index is 572. The number of halogens is 2. The molecule has 2 aromatic rings. The summed E-state index contributed by atoms with van der Waals surface area (Å²) < 4.78 is 18.6. The molecule has 1 aromatic carbocycles. The fraction of sp³-hybridized carbons (Fsp3) is 0.214. The summed E-state index contributed by atoms with van der Waals surface area (Å²) in [5.41, 5.74) is 2.85. The van der Waals surface area contributed by atoms with Gasteiger partial charge in [0.05, 0.1) is 12.1 Å². The van der Waals surface area contributed by atoms with Gasteiger partial charge in [0.25, 0.3) is 0 Å². The third-order valence-electron chi connectivity index (χ3n) is 2.73. The van der Waals surface area contributed by atoms with Crippen LogP contribution in [0.3, 0.4) is 0 Å². The van der Waals surface area contributed by atoms with Crippen LogP contribution in [0.25, 0.3) is 0 Å². The lowest BCUT2D eigenvalue weighted by molar-refractivity contribution is 0.454. The molecule has 0 N–H and O–H groups in total. The van der Waals surface area contributed by atoms with Crippen molar-refractivity contribution < 1.29 is 9.13 Å². The molecule has 0 radical (unpaired) electrons. The Hall–Kier alpha value is -1.61. The maximum Gasteiger partial charge on any atom is 0.223 e. The predicted molar refractivity (Wildman–Crippen MR) is 69.7 cm³/mol. The van der Waals surface area contributed by atoms with Crippen molar-refractivity contribution in [3.05, 3.63) is 53.0 Å². The zero-order chi connectivity index (χ0) is 13.1. The minimum absolute atomic E-state index is 0.158. The Kier molecular flexibility index (Phi) is 3.82. The second-order valence-corrected chi connectivity index (χ2v) is 4.37. The van der Waals surface area contributed by atoms with Crippen molar-refractivity contribution in [3.63, 3.8) is 0 Å². The highest BCUT2D eigenvalue weighted by molar-refractivity contribution is 6.17. The summed E-state index contributed by atoms with van der Waals surface area (Å²) >= 11 is 5.74. The molecular formula is C14H13ClFNO. The number of hydrogen-bond donors (Lipinski definition) is 0. The van der Waals surface area contributed by atoms with Crippen LogP contribution in [-0.2, 0) is 5.88 Å². The van der Waals surface area contributed by atoms with Crippen LogP contribution in [0.5, 0.6) is 11.6 Å². The first-order chi connectivity index (χ1) is 8.60. The second-order valence-electron chi connectivity index (χ2n) is 4.10. The van der Waals surface area contributed by atoms with E-state index in [1.165, 1.54) is 11.6 Å². The van der Waals surface area contributed by atoms with Gasteiger partial charge in [-0.3, -0.25) is 0 Å². The number of alkyl halides is 1. The highest BCUT2D eigenvalue weighted by atomic mass is 35.5. The molecule has 94 valence electrons. The van der Waals surface area contributed by atoms with Gasteiger partial charge >= 0.3 is 0 Å². The van der Waals surface area contributed by atoms with Crippen LogP contribution >= 0.6 is 11.6 Å². The van der Waals surface area contributed by atoms with Crippen LogP contribution in [0.4, 0.5) is 4.39 Å². The van der Waals surface area contributed by atoms with E-state index in [2.05, 4.69) is 4.98 Å². The lowest BCUT2D eigenvalue weighted by atomic mass is 10.1. The van der Waals surface area contributed by atoms with Crippen molar-refractivity contribution in [3.8, 4) is 11.6 Å². The zero-order valence-corrected chi connectivity index (χ0v) is 11.0. The number of hydrogen-bond acceptors (Lipinski definition) is 2. The number of aromatic nitrogens is 1. The summed E-state index contributed by atoms with van der Waals surface area (Å²) in [5, 5.41) is 0. The fourth-order valence-corrected chi connectivity index (χ4v) is 1.74. The summed E-state index contributed by atoms with van der Waals surface area (Å²) in [6, 6.07) is 7.06. The zero-order valence-electron chi connectivity index (χ0n) is 10.2. The Balaban J connectivity index is 2.30. The van der Waals surface area contributed by atoms with E-state index in [-0.39, 0.29) is 5.88 Å². The van der Waals surface area contributed by atoms with Gasteiger partial charge in [-0.2, -0.15) is 0 Å². The average Bonchev–Trinajstić information content (AvgIpc) is 2.36. The number of pyridine rings is 1. The summed E-state index contributed by atoms with van der Waals surface area (Å²) in [4.78, 5) is 3.91. The molecular weight excluding hydrogens is 253 g/mol. The van der Waals surface area contributed by atoms with Crippen molar-refractivity contribution in [2.45, 2.75) is 19.7 Å². The number of ether oxygens (including phenoxy) is 1. The van der Waals surface area contributed by atoms with Crippen LogP contribution < -0.4 is 4.74 Å². The first-order valence-electron chi connectivity index (χ1n) is 5.55. The Morgan fingerprint density at radius 3 is 2.67 bits per heavy atom.